The van der Waals surface area contributed by atoms with Crippen LogP contribution in [-0.4, -0.2) is 39.2 Å². The summed E-state index contributed by atoms with van der Waals surface area (Å²) >= 11 is 1.74. The first kappa shape index (κ1) is 18.3. The largest absolute Gasteiger partial charge is 0.388 e. The molecule has 1 aliphatic heterocycles. The third-order valence-electron chi connectivity index (χ3n) is 5.30. The Kier molecular flexibility index (Phi) is 5.12. The predicted molar refractivity (Wildman–Crippen MR) is 111 cm³/mol. The summed E-state index contributed by atoms with van der Waals surface area (Å²) in [5.41, 5.74) is 5.96. The van der Waals surface area contributed by atoms with Crippen molar-refractivity contribution in [3.8, 4) is 0 Å². The predicted octanol–water partition coefficient (Wildman–Crippen LogP) is 3.90. The van der Waals surface area contributed by atoms with Gasteiger partial charge in [-0.2, -0.15) is 11.8 Å². The minimum Gasteiger partial charge on any atom is -0.388 e. The standard InChI is InChI=1S/C21H25N3O2S/c1-13-14(2)24-10-9-16-18(21(24)22-13)23-17(15-7-5-4-6-8-15)19(25)20(16)26-11-12-27-3/h4-10,17,19-20,23,25H,11-12H2,1-3H3/t17-,19-,20+/m1/s1. The fourth-order valence-corrected chi connectivity index (χ4v) is 3.99. The first-order valence-corrected chi connectivity index (χ1v) is 10.6. The van der Waals surface area contributed by atoms with Crippen molar-refractivity contribution < 1.29 is 9.84 Å². The second-order valence-electron chi connectivity index (χ2n) is 6.93. The maximum atomic E-state index is 11.1. The van der Waals surface area contributed by atoms with Crippen LogP contribution in [0.3, 0.4) is 0 Å². The van der Waals surface area contributed by atoms with Crippen LogP contribution in [0.25, 0.3) is 5.65 Å². The molecule has 1 aromatic carbocycles. The van der Waals surface area contributed by atoms with Gasteiger partial charge in [0.2, 0.25) is 0 Å². The van der Waals surface area contributed by atoms with Gasteiger partial charge in [0.05, 0.1) is 24.0 Å². The van der Waals surface area contributed by atoms with Crippen molar-refractivity contribution in [1.29, 1.82) is 0 Å². The Hall–Kier alpha value is -2.02. The van der Waals surface area contributed by atoms with Gasteiger partial charge in [-0.3, -0.25) is 0 Å². The SMILES string of the molecule is CSCCO[C@H]1c2ccn3c(C)c(C)nc3c2N[C@H](c2ccccc2)[C@H]1O. The molecule has 27 heavy (non-hydrogen) atoms. The number of nitrogens with zero attached hydrogens (tertiary/aromatic N) is 2. The third kappa shape index (κ3) is 3.22. The second-order valence-corrected chi connectivity index (χ2v) is 7.92. The van der Waals surface area contributed by atoms with Crippen molar-refractivity contribution in [3.05, 3.63) is 65.1 Å². The molecule has 0 amide bonds. The Morgan fingerprint density at radius 2 is 2.00 bits per heavy atom. The number of imidazole rings is 1. The number of fused-ring (bicyclic) bond motifs is 3. The van der Waals surface area contributed by atoms with Crippen molar-refractivity contribution in [1.82, 2.24) is 9.38 Å². The zero-order chi connectivity index (χ0) is 19.0. The van der Waals surface area contributed by atoms with E-state index in [-0.39, 0.29) is 12.1 Å². The minimum absolute atomic E-state index is 0.249. The van der Waals surface area contributed by atoms with Gasteiger partial charge in [0, 0.05) is 23.2 Å². The van der Waals surface area contributed by atoms with E-state index in [0.717, 1.165) is 39.6 Å². The third-order valence-corrected chi connectivity index (χ3v) is 5.88. The molecule has 0 saturated carbocycles. The van der Waals surface area contributed by atoms with Gasteiger partial charge >= 0.3 is 0 Å². The van der Waals surface area contributed by atoms with Crippen molar-refractivity contribution in [2.75, 3.05) is 23.9 Å². The summed E-state index contributed by atoms with van der Waals surface area (Å²) in [5, 5.41) is 14.7. The average molecular weight is 384 g/mol. The van der Waals surface area contributed by atoms with E-state index in [1.54, 1.807) is 11.8 Å². The number of aromatic nitrogens is 2. The molecule has 1 aliphatic rings. The number of anilines is 1. The number of aryl methyl sites for hydroxylation is 2. The molecule has 6 heteroatoms. The Morgan fingerprint density at radius 3 is 2.74 bits per heavy atom. The summed E-state index contributed by atoms with van der Waals surface area (Å²) in [6, 6.07) is 11.8. The number of hydrogen-bond acceptors (Lipinski definition) is 5. The highest BCUT2D eigenvalue weighted by Gasteiger charge is 2.38. The Bertz CT molecular complexity index is 941. The molecule has 0 aliphatic carbocycles. The zero-order valence-corrected chi connectivity index (χ0v) is 16.7. The molecule has 3 aromatic rings. The van der Waals surface area contributed by atoms with E-state index < -0.39 is 6.10 Å². The minimum atomic E-state index is -0.679. The molecular weight excluding hydrogens is 358 g/mol. The maximum Gasteiger partial charge on any atom is 0.161 e. The van der Waals surface area contributed by atoms with Crippen molar-refractivity contribution in [3.63, 3.8) is 0 Å². The number of rotatable bonds is 5. The second kappa shape index (κ2) is 7.54. The first-order chi connectivity index (χ1) is 13.1. The molecule has 0 unspecified atom stereocenters. The number of thioether (sulfide) groups is 1. The van der Waals surface area contributed by atoms with Crippen LogP contribution in [0.2, 0.25) is 0 Å². The van der Waals surface area contributed by atoms with Gasteiger partial charge in [-0.05, 0) is 31.7 Å². The summed E-state index contributed by atoms with van der Waals surface area (Å²) in [7, 11) is 0. The van der Waals surface area contributed by atoms with Gasteiger partial charge in [0.15, 0.2) is 5.65 Å². The zero-order valence-electron chi connectivity index (χ0n) is 15.8. The molecule has 0 saturated heterocycles. The highest BCUT2D eigenvalue weighted by atomic mass is 32.2. The van der Waals surface area contributed by atoms with Crippen molar-refractivity contribution >= 4 is 23.1 Å². The maximum absolute atomic E-state index is 11.1. The Labute approximate surface area is 163 Å². The molecule has 0 radical (unpaired) electrons. The summed E-state index contributed by atoms with van der Waals surface area (Å²) in [5.74, 6) is 0.895. The molecule has 2 aromatic heterocycles. The van der Waals surface area contributed by atoms with Gasteiger partial charge in [-0.15, -0.1) is 0 Å². The molecule has 0 fully saturated rings. The number of aliphatic hydroxyl groups is 1. The monoisotopic (exact) mass is 383 g/mol. The fourth-order valence-electron chi connectivity index (χ4n) is 3.73. The lowest BCUT2D eigenvalue weighted by molar-refractivity contribution is -0.0452. The van der Waals surface area contributed by atoms with E-state index in [1.165, 1.54) is 0 Å². The topological polar surface area (TPSA) is 58.8 Å². The molecule has 0 bridgehead atoms. The lowest BCUT2D eigenvalue weighted by Crippen LogP contribution is -2.38. The summed E-state index contributed by atoms with van der Waals surface area (Å²) in [6.07, 6.45) is 3.01. The number of pyridine rings is 1. The van der Waals surface area contributed by atoms with Gasteiger partial charge in [-0.25, -0.2) is 4.98 Å². The molecule has 3 atom stereocenters. The van der Waals surface area contributed by atoms with Gasteiger partial charge < -0.3 is 19.6 Å². The van der Waals surface area contributed by atoms with E-state index in [4.69, 9.17) is 9.72 Å². The van der Waals surface area contributed by atoms with Gasteiger partial charge in [0.25, 0.3) is 0 Å². The van der Waals surface area contributed by atoms with E-state index in [1.807, 2.05) is 49.5 Å². The van der Waals surface area contributed by atoms with Gasteiger partial charge in [0.1, 0.15) is 12.2 Å². The summed E-state index contributed by atoms with van der Waals surface area (Å²) in [6.45, 7) is 4.69. The van der Waals surface area contributed by atoms with Gasteiger partial charge in [-0.1, -0.05) is 30.3 Å². The number of ether oxygens (including phenoxy) is 1. The highest BCUT2D eigenvalue weighted by molar-refractivity contribution is 7.98. The Balaban J connectivity index is 1.82. The average Bonchev–Trinajstić information content (AvgIpc) is 2.98. The fraction of sp³-hybridized carbons (Fsp3) is 0.381. The number of aliphatic hydroxyl groups excluding tert-OH is 1. The van der Waals surface area contributed by atoms with Crippen LogP contribution in [0, 0.1) is 13.8 Å². The quantitative estimate of drug-likeness (QED) is 0.655. The number of hydrogen-bond donors (Lipinski definition) is 2. The highest BCUT2D eigenvalue weighted by Crippen LogP contribution is 2.43. The number of benzene rings is 1. The summed E-state index contributed by atoms with van der Waals surface area (Å²) in [4.78, 5) is 4.77. The molecular formula is C21H25N3O2S. The van der Waals surface area contributed by atoms with Crippen molar-refractivity contribution in [2.24, 2.45) is 0 Å². The first-order valence-electron chi connectivity index (χ1n) is 9.20. The van der Waals surface area contributed by atoms with Crippen LogP contribution in [0.15, 0.2) is 42.6 Å². The normalized spacial score (nSPS) is 21.9. The van der Waals surface area contributed by atoms with E-state index >= 15 is 0 Å². The van der Waals surface area contributed by atoms with E-state index in [2.05, 4.69) is 22.9 Å². The van der Waals surface area contributed by atoms with Crippen LogP contribution >= 0.6 is 11.8 Å². The molecule has 3 heterocycles. The van der Waals surface area contributed by atoms with E-state index in [9.17, 15) is 5.11 Å². The smallest absolute Gasteiger partial charge is 0.161 e. The molecule has 4 rings (SSSR count). The lowest BCUT2D eigenvalue weighted by Gasteiger charge is -2.38. The van der Waals surface area contributed by atoms with Crippen LogP contribution in [0.1, 0.15) is 34.7 Å². The molecule has 2 N–H and O–H groups in total. The Morgan fingerprint density at radius 1 is 1.22 bits per heavy atom. The lowest BCUT2D eigenvalue weighted by atomic mass is 9.89. The van der Waals surface area contributed by atoms with Crippen LogP contribution in [0.5, 0.6) is 0 Å². The van der Waals surface area contributed by atoms with Crippen LogP contribution in [-0.2, 0) is 4.74 Å². The number of nitrogens with one attached hydrogen (secondary N) is 1. The van der Waals surface area contributed by atoms with Crippen LogP contribution in [0.4, 0.5) is 5.69 Å². The molecule has 0 spiro atoms. The summed E-state index contributed by atoms with van der Waals surface area (Å²) < 4.78 is 8.25. The van der Waals surface area contributed by atoms with Crippen molar-refractivity contribution in [2.45, 2.75) is 32.1 Å². The van der Waals surface area contributed by atoms with Crippen LogP contribution < -0.4 is 5.32 Å². The molecule has 142 valence electrons. The molecule has 5 nitrogen and oxygen atoms in total. The van der Waals surface area contributed by atoms with E-state index in [0.29, 0.717) is 6.61 Å².